The standard InChI is InChI=1S/C18H15ClN2O3S2/c19-12-8-11(9-13-16(12)24-6-5-23-13)3-4-20-17(22)15-10-21-18(26-15)14-2-1-7-25-14/h1-2,7-10H,3-6H2,(H,20,22). The number of hydrogen-bond donors (Lipinski definition) is 1. The van der Waals surface area contributed by atoms with Gasteiger partial charge in [0.25, 0.3) is 5.91 Å². The van der Waals surface area contributed by atoms with Crippen LogP contribution in [0.4, 0.5) is 0 Å². The summed E-state index contributed by atoms with van der Waals surface area (Å²) < 4.78 is 11.1. The van der Waals surface area contributed by atoms with E-state index in [9.17, 15) is 4.79 Å². The number of fused-ring (bicyclic) bond motifs is 1. The van der Waals surface area contributed by atoms with Gasteiger partial charge in [0.05, 0.1) is 16.1 Å². The van der Waals surface area contributed by atoms with Gasteiger partial charge in [-0.15, -0.1) is 22.7 Å². The number of ether oxygens (including phenoxy) is 2. The van der Waals surface area contributed by atoms with Crippen LogP contribution in [0.3, 0.4) is 0 Å². The monoisotopic (exact) mass is 406 g/mol. The third-order valence-electron chi connectivity index (χ3n) is 3.82. The Morgan fingerprint density at radius 2 is 2.19 bits per heavy atom. The minimum Gasteiger partial charge on any atom is -0.486 e. The Bertz CT molecular complexity index is 925. The predicted octanol–water partition coefficient (Wildman–Crippen LogP) is 4.27. The van der Waals surface area contributed by atoms with Crippen molar-refractivity contribution in [3.63, 3.8) is 0 Å². The van der Waals surface area contributed by atoms with E-state index in [1.807, 2.05) is 29.6 Å². The predicted molar refractivity (Wildman–Crippen MR) is 104 cm³/mol. The molecule has 1 amide bonds. The molecule has 0 aliphatic carbocycles. The molecular weight excluding hydrogens is 392 g/mol. The Hall–Kier alpha value is -2.09. The lowest BCUT2D eigenvalue weighted by molar-refractivity contribution is 0.0958. The number of aromatic nitrogens is 1. The van der Waals surface area contributed by atoms with E-state index < -0.39 is 0 Å². The van der Waals surface area contributed by atoms with Gasteiger partial charge in [-0.2, -0.15) is 0 Å². The van der Waals surface area contributed by atoms with Crippen molar-refractivity contribution in [2.24, 2.45) is 0 Å². The van der Waals surface area contributed by atoms with Crippen LogP contribution in [0, 0.1) is 0 Å². The fourth-order valence-electron chi connectivity index (χ4n) is 2.61. The van der Waals surface area contributed by atoms with Gasteiger partial charge in [0.2, 0.25) is 0 Å². The molecule has 5 nitrogen and oxygen atoms in total. The maximum Gasteiger partial charge on any atom is 0.263 e. The average Bonchev–Trinajstić information content (AvgIpc) is 3.33. The molecule has 2 aromatic heterocycles. The van der Waals surface area contributed by atoms with Crippen LogP contribution in [-0.2, 0) is 6.42 Å². The molecule has 3 heterocycles. The minimum atomic E-state index is -0.117. The molecule has 0 saturated carbocycles. The fraction of sp³-hybridized carbons (Fsp3) is 0.222. The Morgan fingerprint density at radius 3 is 3.04 bits per heavy atom. The number of carbonyl (C=O) groups excluding carboxylic acids is 1. The lowest BCUT2D eigenvalue weighted by Gasteiger charge is -2.20. The Kier molecular flexibility index (Phi) is 5.10. The van der Waals surface area contributed by atoms with Crippen LogP contribution in [0.1, 0.15) is 15.2 Å². The molecule has 1 N–H and O–H groups in total. The number of nitrogens with zero attached hydrogens (tertiary/aromatic N) is 1. The van der Waals surface area contributed by atoms with E-state index in [1.54, 1.807) is 17.5 Å². The molecule has 4 rings (SSSR count). The molecule has 1 aliphatic heterocycles. The maximum absolute atomic E-state index is 12.3. The van der Waals surface area contributed by atoms with Crippen LogP contribution in [0.5, 0.6) is 11.5 Å². The number of thiazole rings is 1. The summed E-state index contributed by atoms with van der Waals surface area (Å²) in [6, 6.07) is 7.73. The van der Waals surface area contributed by atoms with Crippen molar-refractivity contribution in [3.8, 4) is 21.4 Å². The molecule has 0 fully saturated rings. The first-order chi connectivity index (χ1) is 12.7. The highest BCUT2D eigenvalue weighted by Gasteiger charge is 2.17. The Balaban J connectivity index is 1.36. The third kappa shape index (κ3) is 3.70. The van der Waals surface area contributed by atoms with E-state index in [0.29, 0.717) is 47.6 Å². The summed E-state index contributed by atoms with van der Waals surface area (Å²) in [4.78, 5) is 18.3. The largest absolute Gasteiger partial charge is 0.486 e. The zero-order valence-electron chi connectivity index (χ0n) is 13.7. The summed E-state index contributed by atoms with van der Waals surface area (Å²) in [6.45, 7) is 1.52. The van der Waals surface area contributed by atoms with Gasteiger partial charge in [-0.25, -0.2) is 4.98 Å². The molecule has 1 aromatic carbocycles. The van der Waals surface area contributed by atoms with Gasteiger partial charge in [0.15, 0.2) is 11.5 Å². The molecule has 0 radical (unpaired) electrons. The van der Waals surface area contributed by atoms with Gasteiger partial charge < -0.3 is 14.8 Å². The smallest absolute Gasteiger partial charge is 0.263 e. The molecule has 1 aliphatic rings. The summed E-state index contributed by atoms with van der Waals surface area (Å²) in [7, 11) is 0. The van der Waals surface area contributed by atoms with E-state index in [2.05, 4.69) is 10.3 Å². The van der Waals surface area contributed by atoms with Gasteiger partial charge in [-0.05, 0) is 35.6 Å². The molecule has 0 spiro atoms. The number of halogens is 1. The van der Waals surface area contributed by atoms with Crippen molar-refractivity contribution in [1.82, 2.24) is 10.3 Å². The topological polar surface area (TPSA) is 60.5 Å². The third-order valence-corrected chi connectivity index (χ3v) is 6.13. The first-order valence-corrected chi connectivity index (χ1v) is 10.1. The lowest BCUT2D eigenvalue weighted by atomic mass is 10.1. The van der Waals surface area contributed by atoms with Crippen molar-refractivity contribution in [1.29, 1.82) is 0 Å². The lowest BCUT2D eigenvalue weighted by Crippen LogP contribution is -2.25. The van der Waals surface area contributed by atoms with Crippen molar-refractivity contribution >= 4 is 40.2 Å². The summed E-state index contributed by atoms with van der Waals surface area (Å²) in [5, 5.41) is 6.32. The van der Waals surface area contributed by atoms with E-state index in [-0.39, 0.29) is 5.91 Å². The highest BCUT2D eigenvalue weighted by atomic mass is 35.5. The highest BCUT2D eigenvalue weighted by molar-refractivity contribution is 7.21. The van der Waals surface area contributed by atoms with Crippen LogP contribution >= 0.6 is 34.3 Å². The van der Waals surface area contributed by atoms with Gasteiger partial charge in [0, 0.05) is 6.54 Å². The Morgan fingerprint density at radius 1 is 1.31 bits per heavy atom. The number of hydrogen-bond acceptors (Lipinski definition) is 6. The van der Waals surface area contributed by atoms with Crippen molar-refractivity contribution in [3.05, 3.63) is 51.3 Å². The first-order valence-electron chi connectivity index (χ1n) is 8.06. The summed E-state index contributed by atoms with van der Waals surface area (Å²) >= 11 is 9.24. The van der Waals surface area contributed by atoms with Crippen LogP contribution < -0.4 is 14.8 Å². The van der Waals surface area contributed by atoms with E-state index >= 15 is 0 Å². The quantitative estimate of drug-likeness (QED) is 0.687. The van der Waals surface area contributed by atoms with Gasteiger partial charge >= 0.3 is 0 Å². The molecule has 3 aromatic rings. The fourth-order valence-corrected chi connectivity index (χ4v) is 4.53. The van der Waals surface area contributed by atoms with Crippen LogP contribution in [0.25, 0.3) is 9.88 Å². The molecule has 8 heteroatoms. The second-order valence-electron chi connectivity index (χ2n) is 5.61. The van der Waals surface area contributed by atoms with Gasteiger partial charge in [-0.1, -0.05) is 17.7 Å². The number of rotatable bonds is 5. The second-order valence-corrected chi connectivity index (χ2v) is 8.00. The van der Waals surface area contributed by atoms with E-state index in [4.69, 9.17) is 21.1 Å². The average molecular weight is 407 g/mol. The second kappa shape index (κ2) is 7.65. The van der Waals surface area contributed by atoms with Crippen LogP contribution in [0.2, 0.25) is 5.02 Å². The Labute approximate surface area is 163 Å². The van der Waals surface area contributed by atoms with E-state index in [1.165, 1.54) is 11.3 Å². The number of benzene rings is 1. The minimum absolute atomic E-state index is 0.117. The number of nitrogens with one attached hydrogen (secondary N) is 1. The van der Waals surface area contributed by atoms with Crippen molar-refractivity contribution in [2.75, 3.05) is 19.8 Å². The molecule has 0 saturated heterocycles. The SMILES string of the molecule is O=C(NCCc1cc(Cl)c2c(c1)OCCO2)c1cnc(-c2cccs2)s1. The number of thiophene rings is 1. The van der Waals surface area contributed by atoms with Gasteiger partial charge in [-0.3, -0.25) is 4.79 Å². The number of amides is 1. The molecule has 134 valence electrons. The summed E-state index contributed by atoms with van der Waals surface area (Å²) in [5.74, 6) is 1.14. The number of carbonyl (C=O) groups is 1. The van der Waals surface area contributed by atoms with Crippen molar-refractivity contribution < 1.29 is 14.3 Å². The van der Waals surface area contributed by atoms with E-state index in [0.717, 1.165) is 15.4 Å². The zero-order chi connectivity index (χ0) is 17.9. The summed E-state index contributed by atoms with van der Waals surface area (Å²) in [5.41, 5.74) is 0.989. The first kappa shape index (κ1) is 17.3. The van der Waals surface area contributed by atoms with Gasteiger partial charge in [0.1, 0.15) is 23.1 Å². The molecule has 0 unspecified atom stereocenters. The zero-order valence-corrected chi connectivity index (χ0v) is 16.0. The normalized spacial score (nSPS) is 12.8. The maximum atomic E-state index is 12.3. The highest BCUT2D eigenvalue weighted by Crippen LogP contribution is 2.38. The van der Waals surface area contributed by atoms with Crippen LogP contribution in [0.15, 0.2) is 35.8 Å². The molecule has 0 atom stereocenters. The molecular formula is C18H15ClN2O3S2. The molecule has 0 bridgehead atoms. The van der Waals surface area contributed by atoms with Crippen molar-refractivity contribution in [2.45, 2.75) is 6.42 Å². The summed E-state index contributed by atoms with van der Waals surface area (Å²) in [6.07, 6.45) is 2.27. The van der Waals surface area contributed by atoms with Crippen LogP contribution in [-0.4, -0.2) is 30.6 Å². The molecule has 26 heavy (non-hydrogen) atoms.